The Hall–Kier alpha value is -0.250. The van der Waals surface area contributed by atoms with Crippen molar-refractivity contribution in [2.24, 2.45) is 0 Å². The monoisotopic (exact) mass is 126 g/mol. The fourth-order valence-corrected chi connectivity index (χ4v) is 0.380. The molecule has 1 atom stereocenters. The van der Waals surface area contributed by atoms with Gasteiger partial charge in [0.25, 0.3) is 0 Å². The Balaban J connectivity index is 2.63. The lowest BCUT2D eigenvalue weighted by Gasteiger charge is -2.38. The molecule has 1 aliphatic rings. The minimum absolute atomic E-state index is 0.500. The smallest absolute Gasteiger partial charge is 0.314 e. The maximum absolute atomic E-state index is 12.1. The van der Waals surface area contributed by atoms with Crippen LogP contribution in [0.5, 0.6) is 0 Å². The van der Waals surface area contributed by atoms with Gasteiger partial charge in [-0.2, -0.15) is 8.78 Å². The van der Waals surface area contributed by atoms with E-state index in [4.69, 9.17) is 0 Å². The van der Waals surface area contributed by atoms with E-state index in [9.17, 15) is 13.2 Å². The lowest BCUT2D eigenvalue weighted by atomic mass is 10.1. The van der Waals surface area contributed by atoms with Gasteiger partial charge < -0.3 is 4.74 Å². The predicted octanol–water partition coefficient (Wildman–Crippen LogP) is 1.34. The average Bonchev–Trinajstić information content (AvgIpc) is 1.64. The minimum atomic E-state index is -3.55. The predicted molar refractivity (Wildman–Crippen MR) is 20.4 cm³/mol. The van der Waals surface area contributed by atoms with Gasteiger partial charge in [0.15, 0.2) is 0 Å². The highest BCUT2D eigenvalue weighted by Gasteiger charge is 2.62. The van der Waals surface area contributed by atoms with Gasteiger partial charge in [-0.1, -0.05) is 0 Å². The van der Waals surface area contributed by atoms with Gasteiger partial charge in [0.1, 0.15) is 0 Å². The van der Waals surface area contributed by atoms with Crippen molar-refractivity contribution in [3.05, 3.63) is 0 Å². The quantitative estimate of drug-likeness (QED) is 0.475. The lowest BCUT2D eigenvalue weighted by Crippen LogP contribution is -2.58. The molecule has 0 amide bonds. The molecule has 1 rings (SSSR count). The lowest BCUT2D eigenvalue weighted by molar-refractivity contribution is -0.397. The molecule has 8 heavy (non-hydrogen) atoms. The minimum Gasteiger partial charge on any atom is -0.314 e. The third kappa shape index (κ3) is 0.523. The summed E-state index contributed by atoms with van der Waals surface area (Å²) in [6, 6.07) is 0. The van der Waals surface area contributed by atoms with Crippen LogP contribution in [0.15, 0.2) is 0 Å². The Morgan fingerprint density at radius 1 is 1.38 bits per heavy atom. The first-order valence-corrected chi connectivity index (χ1v) is 2.16. The number of rotatable bonds is 0. The molecule has 1 fully saturated rings. The van der Waals surface area contributed by atoms with Gasteiger partial charge in [0.2, 0.25) is 5.67 Å². The summed E-state index contributed by atoms with van der Waals surface area (Å²) in [4.78, 5) is 0. The molecule has 0 aromatic carbocycles. The molecule has 1 saturated heterocycles. The van der Waals surface area contributed by atoms with Gasteiger partial charge in [0, 0.05) is 0 Å². The Kier molecular flexibility index (Phi) is 0.867. The molecular weight excluding hydrogens is 121 g/mol. The molecule has 1 heterocycles. The highest BCUT2D eigenvalue weighted by Crippen LogP contribution is 2.42. The Labute approximate surface area is 44.4 Å². The molecule has 1 aliphatic heterocycles. The van der Waals surface area contributed by atoms with Crippen molar-refractivity contribution in [3.63, 3.8) is 0 Å². The maximum atomic E-state index is 12.1. The first kappa shape index (κ1) is 5.88. The molecular formula is C4H5F3O. The van der Waals surface area contributed by atoms with Crippen LogP contribution in [-0.4, -0.2) is 18.4 Å². The maximum Gasteiger partial charge on any atom is 0.391 e. The van der Waals surface area contributed by atoms with Crippen LogP contribution in [0.1, 0.15) is 6.92 Å². The topological polar surface area (TPSA) is 9.23 Å². The normalized spacial score (nSPS) is 43.5. The molecule has 0 bridgehead atoms. The molecule has 0 aromatic rings. The molecule has 0 N–H and O–H groups in total. The largest absolute Gasteiger partial charge is 0.391 e. The van der Waals surface area contributed by atoms with Gasteiger partial charge in [-0.15, -0.1) is 0 Å². The first-order valence-electron chi connectivity index (χ1n) is 2.16. The molecule has 0 radical (unpaired) electrons. The van der Waals surface area contributed by atoms with Gasteiger partial charge >= 0.3 is 6.11 Å². The molecule has 0 aromatic heterocycles. The zero-order chi connectivity index (χ0) is 6.41. The second kappa shape index (κ2) is 1.18. The summed E-state index contributed by atoms with van der Waals surface area (Å²) in [5.74, 6) is 0. The van der Waals surface area contributed by atoms with Crippen molar-refractivity contribution in [1.29, 1.82) is 0 Å². The second-order valence-electron chi connectivity index (χ2n) is 2.00. The Morgan fingerprint density at radius 3 is 1.75 bits per heavy atom. The van der Waals surface area contributed by atoms with Crippen molar-refractivity contribution >= 4 is 0 Å². The highest BCUT2D eigenvalue weighted by atomic mass is 19.3. The summed E-state index contributed by atoms with van der Waals surface area (Å²) < 4.78 is 39.2. The summed E-state index contributed by atoms with van der Waals surface area (Å²) in [5.41, 5.74) is -2.44. The highest BCUT2D eigenvalue weighted by molar-refractivity contribution is 4.91. The van der Waals surface area contributed by atoms with E-state index in [0.717, 1.165) is 6.92 Å². The zero-order valence-corrected chi connectivity index (χ0v) is 4.25. The summed E-state index contributed by atoms with van der Waals surface area (Å²) in [7, 11) is 0. The van der Waals surface area contributed by atoms with Crippen molar-refractivity contribution in [2.45, 2.75) is 18.7 Å². The van der Waals surface area contributed by atoms with Crippen LogP contribution in [0.2, 0.25) is 0 Å². The molecule has 4 heteroatoms. The standard InChI is InChI=1S/C4H5F3O/c1-3(5)2-8-4(3,6)7/h2H2,1H3. The number of halogens is 3. The Morgan fingerprint density at radius 2 is 1.75 bits per heavy atom. The average molecular weight is 126 g/mol. The van der Waals surface area contributed by atoms with Gasteiger partial charge in [0.05, 0.1) is 6.61 Å². The van der Waals surface area contributed by atoms with Gasteiger partial charge in [-0.25, -0.2) is 4.39 Å². The summed E-state index contributed by atoms with van der Waals surface area (Å²) in [5, 5.41) is 0. The molecule has 1 nitrogen and oxygen atoms in total. The van der Waals surface area contributed by atoms with Crippen LogP contribution >= 0.6 is 0 Å². The van der Waals surface area contributed by atoms with Crippen molar-refractivity contribution in [1.82, 2.24) is 0 Å². The van der Waals surface area contributed by atoms with Crippen molar-refractivity contribution < 1.29 is 17.9 Å². The molecule has 48 valence electrons. The van der Waals surface area contributed by atoms with Crippen LogP contribution in [0.3, 0.4) is 0 Å². The van der Waals surface area contributed by atoms with Crippen LogP contribution in [-0.2, 0) is 4.74 Å². The molecule has 0 spiro atoms. The summed E-state index contributed by atoms with van der Waals surface area (Å²) in [6.45, 7) is 0.316. The SMILES string of the molecule is CC1(F)COC1(F)F. The number of hydrogen-bond acceptors (Lipinski definition) is 1. The van der Waals surface area contributed by atoms with E-state index in [1.54, 1.807) is 0 Å². The third-order valence-electron chi connectivity index (χ3n) is 1.13. The first-order chi connectivity index (χ1) is 3.46. The van der Waals surface area contributed by atoms with Gasteiger partial charge in [-0.05, 0) is 6.92 Å². The van der Waals surface area contributed by atoms with E-state index >= 15 is 0 Å². The number of ether oxygens (including phenoxy) is 1. The molecule has 1 unspecified atom stereocenters. The number of hydrogen-bond donors (Lipinski definition) is 0. The third-order valence-corrected chi connectivity index (χ3v) is 1.13. The van der Waals surface area contributed by atoms with Crippen LogP contribution in [0.25, 0.3) is 0 Å². The van der Waals surface area contributed by atoms with E-state index in [2.05, 4.69) is 4.74 Å². The van der Waals surface area contributed by atoms with Crippen LogP contribution in [0.4, 0.5) is 13.2 Å². The van der Waals surface area contributed by atoms with Crippen molar-refractivity contribution in [2.75, 3.05) is 6.61 Å². The second-order valence-corrected chi connectivity index (χ2v) is 2.00. The fraction of sp³-hybridized carbons (Fsp3) is 1.00. The molecule has 0 aliphatic carbocycles. The van der Waals surface area contributed by atoms with Crippen LogP contribution < -0.4 is 0 Å². The zero-order valence-electron chi connectivity index (χ0n) is 4.25. The summed E-state index contributed by atoms with van der Waals surface area (Å²) >= 11 is 0. The molecule has 0 saturated carbocycles. The van der Waals surface area contributed by atoms with E-state index in [1.165, 1.54) is 0 Å². The number of alkyl halides is 3. The van der Waals surface area contributed by atoms with E-state index in [0.29, 0.717) is 0 Å². The summed E-state index contributed by atoms with van der Waals surface area (Å²) in [6.07, 6.45) is -3.55. The van der Waals surface area contributed by atoms with E-state index < -0.39 is 18.4 Å². The fourth-order valence-electron chi connectivity index (χ4n) is 0.380. The van der Waals surface area contributed by atoms with Crippen LogP contribution in [0, 0.1) is 0 Å². The van der Waals surface area contributed by atoms with Gasteiger partial charge in [-0.3, -0.25) is 0 Å². The Bertz CT molecular complexity index is 95.9. The van der Waals surface area contributed by atoms with E-state index in [1.807, 2.05) is 0 Å². The van der Waals surface area contributed by atoms with E-state index in [-0.39, 0.29) is 0 Å². The van der Waals surface area contributed by atoms with Crippen molar-refractivity contribution in [3.8, 4) is 0 Å².